The Balaban J connectivity index is 1.88. The van der Waals surface area contributed by atoms with Crippen molar-refractivity contribution in [3.8, 4) is 0 Å². The van der Waals surface area contributed by atoms with Gasteiger partial charge in [-0.05, 0) is 73.8 Å². The summed E-state index contributed by atoms with van der Waals surface area (Å²) >= 11 is 5.47. The molecule has 1 aliphatic heterocycles. The quantitative estimate of drug-likeness (QED) is 0.447. The smallest absolute Gasteiger partial charge is 0.338 e. The van der Waals surface area contributed by atoms with Crippen LogP contribution >= 0.6 is 12.2 Å². The SMILES string of the molecule is CC1=C(C(=O)OC(C)C)C(c2cccc(NC(=O)c3ccc(C(C)(C)C)cc3)c2)NC(=S)N1C. The standard InChI is InChI=1S/C27H33N3O3S/c1-16(2)33-25(32)22-17(3)30(7)26(34)29-23(22)19-9-8-10-21(15-19)28-24(31)18-11-13-20(14-12-18)27(4,5)6/h8-16,23H,1-7H3,(H,28,31)(H,29,34). The fourth-order valence-corrected chi connectivity index (χ4v) is 4.00. The molecule has 1 aliphatic rings. The number of nitrogens with zero attached hydrogens (tertiary/aromatic N) is 1. The van der Waals surface area contributed by atoms with Gasteiger partial charge in [0, 0.05) is 24.0 Å². The average molecular weight is 480 g/mol. The predicted molar refractivity (Wildman–Crippen MR) is 140 cm³/mol. The van der Waals surface area contributed by atoms with Crippen molar-refractivity contribution >= 4 is 34.9 Å². The summed E-state index contributed by atoms with van der Waals surface area (Å²) in [6, 6.07) is 14.6. The molecular formula is C27H33N3O3S. The van der Waals surface area contributed by atoms with E-state index in [1.165, 1.54) is 5.56 Å². The number of hydrogen-bond acceptors (Lipinski definition) is 4. The van der Waals surface area contributed by atoms with Gasteiger partial charge in [0.1, 0.15) is 0 Å². The zero-order valence-electron chi connectivity index (χ0n) is 20.9. The second-order valence-corrected chi connectivity index (χ2v) is 10.2. The molecule has 7 heteroatoms. The summed E-state index contributed by atoms with van der Waals surface area (Å²) in [5, 5.41) is 6.71. The van der Waals surface area contributed by atoms with E-state index in [2.05, 4.69) is 31.4 Å². The summed E-state index contributed by atoms with van der Waals surface area (Å²) in [5.41, 5.74) is 4.41. The molecule has 1 heterocycles. The summed E-state index contributed by atoms with van der Waals surface area (Å²) in [5.74, 6) is -0.594. The lowest BCUT2D eigenvalue weighted by Gasteiger charge is -2.35. The number of allylic oxidation sites excluding steroid dienone is 1. The van der Waals surface area contributed by atoms with Gasteiger partial charge in [-0.3, -0.25) is 4.79 Å². The van der Waals surface area contributed by atoms with Gasteiger partial charge < -0.3 is 20.3 Å². The molecule has 2 aromatic carbocycles. The first-order valence-electron chi connectivity index (χ1n) is 11.4. The number of ether oxygens (including phenoxy) is 1. The number of anilines is 1. The molecule has 0 bridgehead atoms. The van der Waals surface area contributed by atoms with Crippen molar-refractivity contribution in [3.63, 3.8) is 0 Å². The van der Waals surface area contributed by atoms with Crippen LogP contribution in [0.2, 0.25) is 0 Å². The molecule has 1 unspecified atom stereocenters. The van der Waals surface area contributed by atoms with E-state index in [1.54, 1.807) is 4.90 Å². The highest BCUT2D eigenvalue weighted by atomic mass is 32.1. The highest BCUT2D eigenvalue weighted by molar-refractivity contribution is 7.80. The van der Waals surface area contributed by atoms with Gasteiger partial charge in [0.2, 0.25) is 0 Å². The van der Waals surface area contributed by atoms with Crippen LogP contribution in [0.15, 0.2) is 59.8 Å². The van der Waals surface area contributed by atoms with E-state index in [0.717, 1.165) is 11.3 Å². The predicted octanol–water partition coefficient (Wildman–Crippen LogP) is 5.32. The Morgan fingerprint density at radius 3 is 2.35 bits per heavy atom. The number of hydrogen-bond donors (Lipinski definition) is 2. The van der Waals surface area contributed by atoms with Crippen molar-refractivity contribution in [3.05, 3.63) is 76.5 Å². The van der Waals surface area contributed by atoms with E-state index in [0.29, 0.717) is 21.9 Å². The summed E-state index contributed by atoms with van der Waals surface area (Å²) in [6.07, 6.45) is -0.247. The minimum Gasteiger partial charge on any atom is -0.459 e. The molecule has 2 aromatic rings. The van der Waals surface area contributed by atoms with Crippen LogP contribution in [0.25, 0.3) is 0 Å². The third-order valence-corrected chi connectivity index (χ3v) is 6.20. The van der Waals surface area contributed by atoms with Crippen molar-refractivity contribution < 1.29 is 14.3 Å². The van der Waals surface area contributed by atoms with Crippen molar-refractivity contribution in [2.24, 2.45) is 0 Å². The lowest BCUT2D eigenvalue weighted by Crippen LogP contribution is -2.46. The average Bonchev–Trinajstić information content (AvgIpc) is 2.76. The van der Waals surface area contributed by atoms with E-state index in [4.69, 9.17) is 17.0 Å². The second-order valence-electron chi connectivity index (χ2n) is 9.80. The van der Waals surface area contributed by atoms with Crippen LogP contribution in [-0.4, -0.2) is 35.0 Å². The molecule has 6 nitrogen and oxygen atoms in total. The number of benzene rings is 2. The molecule has 0 fully saturated rings. The Morgan fingerprint density at radius 2 is 1.76 bits per heavy atom. The summed E-state index contributed by atoms with van der Waals surface area (Å²) in [7, 11) is 1.81. The number of nitrogens with one attached hydrogen (secondary N) is 2. The molecule has 1 amide bonds. The van der Waals surface area contributed by atoms with Gasteiger partial charge in [-0.2, -0.15) is 0 Å². The molecule has 0 saturated heterocycles. The van der Waals surface area contributed by atoms with Gasteiger partial charge in [-0.1, -0.05) is 45.0 Å². The van der Waals surface area contributed by atoms with Crippen LogP contribution in [0.5, 0.6) is 0 Å². The molecule has 2 N–H and O–H groups in total. The van der Waals surface area contributed by atoms with Crippen LogP contribution in [0.1, 0.15) is 69.1 Å². The van der Waals surface area contributed by atoms with Gasteiger partial charge in [0.15, 0.2) is 5.11 Å². The van der Waals surface area contributed by atoms with Gasteiger partial charge >= 0.3 is 5.97 Å². The lowest BCUT2D eigenvalue weighted by molar-refractivity contribution is -0.143. The highest BCUT2D eigenvalue weighted by Gasteiger charge is 2.34. The zero-order valence-corrected chi connectivity index (χ0v) is 21.7. The van der Waals surface area contributed by atoms with Gasteiger partial charge in [0.05, 0.1) is 17.7 Å². The molecule has 34 heavy (non-hydrogen) atoms. The van der Waals surface area contributed by atoms with Crippen molar-refractivity contribution in [2.75, 3.05) is 12.4 Å². The number of thiocarbonyl (C=S) groups is 1. The Hall–Kier alpha value is -3.19. The minimum atomic E-state index is -0.488. The fourth-order valence-electron chi connectivity index (χ4n) is 3.75. The van der Waals surface area contributed by atoms with Crippen LogP contribution in [0.4, 0.5) is 5.69 Å². The second kappa shape index (κ2) is 9.97. The Labute approximate surface area is 207 Å². The number of amides is 1. The number of carbonyl (C=O) groups is 2. The Morgan fingerprint density at radius 1 is 1.12 bits per heavy atom. The Kier molecular flexibility index (Phi) is 7.46. The Bertz CT molecular complexity index is 1130. The summed E-state index contributed by atoms with van der Waals surface area (Å²) in [4.78, 5) is 27.6. The molecule has 180 valence electrons. The fraction of sp³-hybridized carbons (Fsp3) is 0.370. The molecule has 0 aromatic heterocycles. The number of rotatable bonds is 5. The zero-order chi connectivity index (χ0) is 25.2. The normalized spacial score (nSPS) is 16.4. The lowest BCUT2D eigenvalue weighted by atomic mass is 9.86. The van der Waals surface area contributed by atoms with Gasteiger partial charge in [0.25, 0.3) is 5.91 Å². The monoisotopic (exact) mass is 479 g/mol. The third-order valence-electron chi connectivity index (χ3n) is 5.81. The first-order chi connectivity index (χ1) is 15.9. The molecule has 3 rings (SSSR count). The maximum Gasteiger partial charge on any atom is 0.338 e. The first kappa shape index (κ1) is 25.4. The summed E-state index contributed by atoms with van der Waals surface area (Å²) < 4.78 is 5.51. The van der Waals surface area contributed by atoms with E-state index < -0.39 is 12.0 Å². The highest BCUT2D eigenvalue weighted by Crippen LogP contribution is 2.32. The van der Waals surface area contributed by atoms with Crippen molar-refractivity contribution in [1.29, 1.82) is 0 Å². The topological polar surface area (TPSA) is 70.7 Å². The van der Waals surface area contributed by atoms with E-state index in [1.807, 2.05) is 76.3 Å². The van der Waals surface area contributed by atoms with E-state index >= 15 is 0 Å². The van der Waals surface area contributed by atoms with E-state index in [-0.39, 0.29) is 17.4 Å². The maximum atomic E-state index is 12.9. The largest absolute Gasteiger partial charge is 0.459 e. The first-order valence-corrected chi connectivity index (χ1v) is 11.8. The summed E-state index contributed by atoms with van der Waals surface area (Å²) in [6.45, 7) is 11.9. The minimum absolute atomic E-state index is 0.0189. The van der Waals surface area contributed by atoms with Crippen LogP contribution in [0.3, 0.4) is 0 Å². The number of carbonyl (C=O) groups excluding carboxylic acids is 2. The van der Waals surface area contributed by atoms with Crippen LogP contribution < -0.4 is 10.6 Å². The number of esters is 1. The molecule has 0 saturated carbocycles. The van der Waals surface area contributed by atoms with Crippen molar-refractivity contribution in [2.45, 2.75) is 59.1 Å². The van der Waals surface area contributed by atoms with Crippen LogP contribution in [-0.2, 0) is 14.9 Å². The molecule has 0 aliphatic carbocycles. The van der Waals surface area contributed by atoms with Gasteiger partial charge in [-0.15, -0.1) is 0 Å². The van der Waals surface area contributed by atoms with Crippen molar-refractivity contribution in [1.82, 2.24) is 10.2 Å². The maximum absolute atomic E-state index is 12.9. The molecular weight excluding hydrogens is 446 g/mol. The van der Waals surface area contributed by atoms with E-state index in [9.17, 15) is 9.59 Å². The molecule has 0 radical (unpaired) electrons. The molecule has 1 atom stereocenters. The third kappa shape index (κ3) is 5.65. The molecule has 0 spiro atoms. The van der Waals surface area contributed by atoms with Crippen LogP contribution in [0, 0.1) is 0 Å². The van der Waals surface area contributed by atoms with Gasteiger partial charge in [-0.25, -0.2) is 4.79 Å².